The first-order chi connectivity index (χ1) is 11.4. The van der Waals surface area contributed by atoms with Crippen molar-refractivity contribution < 1.29 is 0 Å². The first-order valence-corrected chi connectivity index (χ1v) is 8.74. The van der Waals surface area contributed by atoms with Crippen molar-refractivity contribution in [1.82, 2.24) is 29.8 Å². The molecule has 7 heteroatoms. The maximum Gasteiger partial charge on any atom is 0.157 e. The molecule has 0 unspecified atom stereocenters. The lowest BCUT2D eigenvalue weighted by atomic mass is 9.93. The SMILES string of the molecule is c1c[nH]c(-c2cncc(C3CCN(Cc4cscn4)CC3)n2)n1. The quantitative estimate of drug-likeness (QED) is 0.798. The van der Waals surface area contributed by atoms with Crippen LogP contribution < -0.4 is 0 Å². The molecule has 1 saturated heterocycles. The number of hydrogen-bond acceptors (Lipinski definition) is 6. The molecule has 1 fully saturated rings. The molecule has 3 aromatic rings. The van der Waals surface area contributed by atoms with Crippen LogP contribution in [-0.4, -0.2) is 42.9 Å². The molecule has 6 nitrogen and oxygen atoms in total. The number of nitrogens with one attached hydrogen (secondary N) is 1. The van der Waals surface area contributed by atoms with Crippen molar-refractivity contribution in [2.75, 3.05) is 13.1 Å². The number of aromatic amines is 1. The van der Waals surface area contributed by atoms with E-state index in [2.05, 4.69) is 30.2 Å². The second-order valence-corrected chi connectivity index (χ2v) is 6.52. The van der Waals surface area contributed by atoms with Crippen LogP contribution in [0.4, 0.5) is 0 Å². The summed E-state index contributed by atoms with van der Waals surface area (Å²) in [6.07, 6.45) is 9.43. The maximum atomic E-state index is 4.75. The number of H-pyrrole nitrogens is 1. The van der Waals surface area contributed by atoms with Crippen LogP contribution in [0.3, 0.4) is 0 Å². The maximum absolute atomic E-state index is 4.75. The van der Waals surface area contributed by atoms with Gasteiger partial charge in [0.25, 0.3) is 0 Å². The van der Waals surface area contributed by atoms with Gasteiger partial charge in [-0.15, -0.1) is 11.3 Å². The molecule has 0 amide bonds. The molecule has 4 heterocycles. The number of hydrogen-bond donors (Lipinski definition) is 1. The number of imidazole rings is 1. The van der Waals surface area contributed by atoms with E-state index in [0.29, 0.717) is 5.92 Å². The lowest BCUT2D eigenvalue weighted by Crippen LogP contribution is -2.32. The number of thiazole rings is 1. The Bertz CT molecular complexity index is 732. The topological polar surface area (TPSA) is 70.6 Å². The van der Waals surface area contributed by atoms with Gasteiger partial charge >= 0.3 is 0 Å². The minimum atomic E-state index is 0.476. The summed E-state index contributed by atoms with van der Waals surface area (Å²) in [7, 11) is 0. The molecule has 3 aromatic heterocycles. The van der Waals surface area contributed by atoms with Gasteiger partial charge in [-0.05, 0) is 25.9 Å². The van der Waals surface area contributed by atoms with Crippen molar-refractivity contribution in [2.24, 2.45) is 0 Å². The number of aromatic nitrogens is 5. The Balaban J connectivity index is 1.41. The fourth-order valence-electron chi connectivity index (χ4n) is 3.03. The minimum Gasteiger partial charge on any atom is -0.343 e. The third kappa shape index (κ3) is 3.30. The summed E-state index contributed by atoms with van der Waals surface area (Å²) < 4.78 is 0. The zero-order chi connectivity index (χ0) is 15.5. The van der Waals surface area contributed by atoms with Crippen molar-refractivity contribution in [3.63, 3.8) is 0 Å². The van der Waals surface area contributed by atoms with Crippen LogP contribution in [-0.2, 0) is 6.54 Å². The Labute approximate surface area is 138 Å². The molecule has 23 heavy (non-hydrogen) atoms. The van der Waals surface area contributed by atoms with Crippen molar-refractivity contribution in [1.29, 1.82) is 0 Å². The van der Waals surface area contributed by atoms with Crippen LogP contribution in [0.5, 0.6) is 0 Å². The van der Waals surface area contributed by atoms with E-state index in [9.17, 15) is 0 Å². The Hall–Kier alpha value is -2.12. The highest BCUT2D eigenvalue weighted by molar-refractivity contribution is 7.07. The normalized spacial score (nSPS) is 16.7. The molecule has 0 aromatic carbocycles. The van der Waals surface area contributed by atoms with E-state index in [1.54, 1.807) is 29.9 Å². The second-order valence-electron chi connectivity index (χ2n) is 5.80. The number of piperidine rings is 1. The van der Waals surface area contributed by atoms with Crippen molar-refractivity contribution >= 4 is 11.3 Å². The fourth-order valence-corrected chi connectivity index (χ4v) is 3.58. The zero-order valence-electron chi connectivity index (χ0n) is 12.7. The molecule has 118 valence electrons. The first kappa shape index (κ1) is 14.5. The van der Waals surface area contributed by atoms with Crippen molar-refractivity contribution in [3.8, 4) is 11.5 Å². The molecule has 1 N–H and O–H groups in total. The first-order valence-electron chi connectivity index (χ1n) is 7.79. The average molecular weight is 326 g/mol. The highest BCUT2D eigenvalue weighted by Gasteiger charge is 2.22. The van der Waals surface area contributed by atoms with E-state index >= 15 is 0 Å². The minimum absolute atomic E-state index is 0.476. The Kier molecular flexibility index (Phi) is 4.12. The lowest BCUT2D eigenvalue weighted by molar-refractivity contribution is 0.201. The molecule has 0 bridgehead atoms. The van der Waals surface area contributed by atoms with E-state index in [4.69, 9.17) is 4.98 Å². The van der Waals surface area contributed by atoms with Gasteiger partial charge in [-0.1, -0.05) is 0 Å². The lowest BCUT2D eigenvalue weighted by Gasteiger charge is -2.31. The second kappa shape index (κ2) is 6.55. The van der Waals surface area contributed by atoms with Gasteiger partial charge in [-0.3, -0.25) is 9.88 Å². The van der Waals surface area contributed by atoms with Crippen LogP contribution in [0, 0.1) is 0 Å². The molecule has 0 saturated carbocycles. The van der Waals surface area contributed by atoms with E-state index in [-0.39, 0.29) is 0 Å². The molecule has 1 aliphatic heterocycles. The monoisotopic (exact) mass is 326 g/mol. The third-order valence-corrected chi connectivity index (χ3v) is 4.90. The van der Waals surface area contributed by atoms with Gasteiger partial charge < -0.3 is 4.98 Å². The van der Waals surface area contributed by atoms with E-state index in [1.165, 1.54) is 5.69 Å². The summed E-state index contributed by atoms with van der Waals surface area (Å²) in [6, 6.07) is 0. The number of likely N-dealkylation sites (tertiary alicyclic amines) is 1. The van der Waals surface area contributed by atoms with Gasteiger partial charge in [-0.2, -0.15) is 0 Å². The van der Waals surface area contributed by atoms with Gasteiger partial charge in [0.1, 0.15) is 5.69 Å². The predicted octanol–water partition coefficient (Wildman–Crippen LogP) is 2.70. The van der Waals surface area contributed by atoms with Gasteiger partial charge in [0, 0.05) is 36.4 Å². The highest BCUT2D eigenvalue weighted by atomic mass is 32.1. The van der Waals surface area contributed by atoms with Gasteiger partial charge in [0.15, 0.2) is 5.82 Å². The van der Waals surface area contributed by atoms with Crippen LogP contribution in [0.2, 0.25) is 0 Å². The summed E-state index contributed by atoms with van der Waals surface area (Å²) in [5.41, 5.74) is 4.97. The summed E-state index contributed by atoms with van der Waals surface area (Å²) in [5.74, 6) is 1.25. The predicted molar refractivity (Wildman–Crippen MR) is 89.0 cm³/mol. The van der Waals surface area contributed by atoms with E-state index < -0.39 is 0 Å². The Morgan fingerprint density at radius 3 is 2.87 bits per heavy atom. The molecule has 0 atom stereocenters. The fraction of sp³-hybridized carbons (Fsp3) is 0.375. The zero-order valence-corrected chi connectivity index (χ0v) is 13.5. The van der Waals surface area contributed by atoms with Crippen LogP contribution in [0.1, 0.15) is 30.1 Å². The summed E-state index contributed by atoms with van der Waals surface area (Å²) >= 11 is 1.66. The smallest absolute Gasteiger partial charge is 0.157 e. The van der Waals surface area contributed by atoms with E-state index in [1.807, 2.05) is 11.7 Å². The standard InChI is InChI=1S/C16H18N6S/c1-5-22(9-13-10-23-11-20-13)6-2-12(1)14-7-17-8-15(21-14)16-18-3-4-19-16/h3-4,7-8,10-12H,1-2,5-6,9H2,(H,18,19). The molecule has 0 aliphatic carbocycles. The van der Waals surface area contributed by atoms with Crippen molar-refractivity contribution in [2.45, 2.75) is 25.3 Å². The summed E-state index contributed by atoms with van der Waals surface area (Å²) in [5, 5.41) is 2.13. The van der Waals surface area contributed by atoms with Crippen LogP contribution in [0.25, 0.3) is 11.5 Å². The van der Waals surface area contributed by atoms with Gasteiger partial charge in [-0.25, -0.2) is 15.0 Å². The van der Waals surface area contributed by atoms with Crippen molar-refractivity contribution in [3.05, 3.63) is 47.1 Å². The molecule has 4 rings (SSSR count). The number of rotatable bonds is 4. The summed E-state index contributed by atoms with van der Waals surface area (Å²) in [6.45, 7) is 3.11. The Morgan fingerprint density at radius 2 is 2.13 bits per heavy atom. The van der Waals surface area contributed by atoms with Gasteiger partial charge in [0.2, 0.25) is 0 Å². The third-order valence-electron chi connectivity index (χ3n) is 4.27. The molecule has 0 radical (unpaired) electrons. The largest absolute Gasteiger partial charge is 0.343 e. The van der Waals surface area contributed by atoms with Gasteiger partial charge in [0.05, 0.1) is 23.1 Å². The average Bonchev–Trinajstić information content (AvgIpc) is 3.29. The van der Waals surface area contributed by atoms with Crippen LogP contribution >= 0.6 is 11.3 Å². The molecule has 1 aliphatic rings. The van der Waals surface area contributed by atoms with E-state index in [0.717, 1.165) is 49.7 Å². The highest BCUT2D eigenvalue weighted by Crippen LogP contribution is 2.28. The molecule has 0 spiro atoms. The van der Waals surface area contributed by atoms with Crippen LogP contribution in [0.15, 0.2) is 35.7 Å². The Morgan fingerprint density at radius 1 is 1.22 bits per heavy atom. The molecular formula is C16H18N6S. The number of nitrogens with zero attached hydrogens (tertiary/aromatic N) is 5. The molecular weight excluding hydrogens is 308 g/mol. The summed E-state index contributed by atoms with van der Waals surface area (Å²) in [4.78, 5) is 23.3.